The summed E-state index contributed by atoms with van der Waals surface area (Å²) in [7, 11) is 0. The number of hydrogen-bond acceptors (Lipinski definition) is 3. The van der Waals surface area contributed by atoms with Crippen molar-refractivity contribution in [1.82, 2.24) is 14.5 Å². The molecule has 0 N–H and O–H groups in total. The molecular weight excluding hydrogens is 719 g/mol. The first-order chi connectivity index (χ1) is 29.0. The van der Waals surface area contributed by atoms with Crippen molar-refractivity contribution in [3.8, 4) is 51.0 Å². The number of fused-ring (bicyclic) bond motifs is 10. The van der Waals surface area contributed by atoms with E-state index in [2.05, 4.69) is 206 Å². The third-order valence-corrected chi connectivity index (χ3v) is 12.5. The molecule has 11 aromatic rings. The van der Waals surface area contributed by atoms with Crippen molar-refractivity contribution in [3.63, 3.8) is 0 Å². The third kappa shape index (κ3) is 5.03. The molecule has 2 aromatic heterocycles. The first-order valence-electron chi connectivity index (χ1n) is 20.2. The van der Waals surface area contributed by atoms with E-state index < -0.39 is 0 Å². The second kappa shape index (κ2) is 12.7. The predicted octanol–water partition coefficient (Wildman–Crippen LogP) is 14.5. The zero-order chi connectivity index (χ0) is 39.2. The average molecular weight is 756 g/mol. The summed E-state index contributed by atoms with van der Waals surface area (Å²) in [5.74, 6) is 2.50. The van der Waals surface area contributed by atoms with Crippen LogP contribution in [0.25, 0.3) is 93.7 Å². The van der Waals surface area contributed by atoms with Gasteiger partial charge < -0.3 is 9.30 Å². The number of nitrogens with zero attached hydrogens (tertiary/aromatic N) is 3. The van der Waals surface area contributed by atoms with Crippen LogP contribution in [0.2, 0.25) is 0 Å². The van der Waals surface area contributed by atoms with Crippen LogP contribution < -0.4 is 4.74 Å². The van der Waals surface area contributed by atoms with Crippen LogP contribution in [-0.2, 0) is 5.41 Å². The Labute approximate surface area is 341 Å². The Morgan fingerprint density at radius 3 is 1.97 bits per heavy atom. The maximum Gasteiger partial charge on any atom is 0.161 e. The van der Waals surface area contributed by atoms with Gasteiger partial charge in [0, 0.05) is 54.6 Å². The highest BCUT2D eigenvalue weighted by atomic mass is 16.5. The van der Waals surface area contributed by atoms with Crippen molar-refractivity contribution in [3.05, 3.63) is 199 Å². The van der Waals surface area contributed by atoms with Gasteiger partial charge in [0.05, 0.1) is 27.9 Å². The van der Waals surface area contributed by atoms with Gasteiger partial charge in [-0.05, 0) is 52.2 Å². The van der Waals surface area contributed by atoms with Crippen LogP contribution in [0.1, 0.15) is 25.0 Å². The van der Waals surface area contributed by atoms with Gasteiger partial charge in [-0.1, -0.05) is 172 Å². The molecule has 0 unspecified atom stereocenters. The normalized spacial score (nSPS) is 13.2. The Morgan fingerprint density at radius 1 is 0.458 bits per heavy atom. The molecule has 0 spiro atoms. The van der Waals surface area contributed by atoms with E-state index >= 15 is 0 Å². The minimum Gasteiger partial charge on any atom is -0.454 e. The van der Waals surface area contributed by atoms with E-state index in [-0.39, 0.29) is 5.41 Å². The number of benzene rings is 9. The quantitative estimate of drug-likeness (QED) is 0.168. The minimum atomic E-state index is -0.247. The van der Waals surface area contributed by atoms with E-state index in [0.29, 0.717) is 5.82 Å². The number of aromatic nitrogens is 3. The van der Waals surface area contributed by atoms with Gasteiger partial charge in [0.1, 0.15) is 5.75 Å². The van der Waals surface area contributed by atoms with E-state index in [1.807, 2.05) is 0 Å². The van der Waals surface area contributed by atoms with Gasteiger partial charge in [-0.15, -0.1) is 0 Å². The molecule has 0 aliphatic carbocycles. The van der Waals surface area contributed by atoms with Crippen molar-refractivity contribution in [2.24, 2.45) is 0 Å². The molecular formula is C55H37N3O. The highest BCUT2D eigenvalue weighted by Gasteiger charge is 2.36. The summed E-state index contributed by atoms with van der Waals surface area (Å²) in [6, 6.07) is 66.9. The van der Waals surface area contributed by atoms with Gasteiger partial charge in [0.2, 0.25) is 0 Å². The molecule has 278 valence electrons. The lowest BCUT2D eigenvalue weighted by Crippen LogP contribution is -2.24. The van der Waals surface area contributed by atoms with Crippen LogP contribution in [0, 0.1) is 0 Å². The molecule has 59 heavy (non-hydrogen) atoms. The molecule has 12 rings (SSSR count). The summed E-state index contributed by atoms with van der Waals surface area (Å²) in [4.78, 5) is 10.9. The highest BCUT2D eigenvalue weighted by molar-refractivity contribution is 6.14. The van der Waals surface area contributed by atoms with Crippen molar-refractivity contribution in [1.29, 1.82) is 0 Å². The van der Waals surface area contributed by atoms with Crippen molar-refractivity contribution in [2.75, 3.05) is 0 Å². The van der Waals surface area contributed by atoms with Gasteiger partial charge in [-0.3, -0.25) is 0 Å². The van der Waals surface area contributed by atoms with Crippen molar-refractivity contribution in [2.45, 2.75) is 19.3 Å². The summed E-state index contributed by atoms with van der Waals surface area (Å²) in [5.41, 5.74) is 11.6. The molecule has 0 fully saturated rings. The number of ether oxygens (including phenoxy) is 1. The van der Waals surface area contributed by atoms with Gasteiger partial charge in [-0.25, -0.2) is 9.97 Å². The van der Waals surface area contributed by atoms with Crippen LogP contribution in [-0.4, -0.2) is 14.5 Å². The van der Waals surface area contributed by atoms with E-state index in [4.69, 9.17) is 14.7 Å². The van der Waals surface area contributed by atoms with Crippen LogP contribution >= 0.6 is 0 Å². The maximum atomic E-state index is 6.95. The Balaban J connectivity index is 1.10. The second-order valence-corrected chi connectivity index (χ2v) is 16.1. The average Bonchev–Trinajstić information content (AvgIpc) is 3.63. The van der Waals surface area contributed by atoms with Gasteiger partial charge in [-0.2, -0.15) is 0 Å². The summed E-state index contributed by atoms with van der Waals surface area (Å²) < 4.78 is 9.36. The Hall–Kier alpha value is -7.56. The van der Waals surface area contributed by atoms with Crippen LogP contribution in [0.4, 0.5) is 0 Å². The Bertz CT molecular complexity index is 3490. The van der Waals surface area contributed by atoms with E-state index in [1.54, 1.807) is 0 Å². The fourth-order valence-corrected chi connectivity index (χ4v) is 9.53. The maximum absolute atomic E-state index is 6.95. The van der Waals surface area contributed by atoms with E-state index in [9.17, 15) is 0 Å². The fourth-order valence-electron chi connectivity index (χ4n) is 9.53. The topological polar surface area (TPSA) is 39.9 Å². The number of para-hydroxylation sites is 2. The molecule has 3 heterocycles. The summed E-state index contributed by atoms with van der Waals surface area (Å²) in [6.07, 6.45) is 0. The molecule has 0 atom stereocenters. The molecule has 1 aliphatic rings. The van der Waals surface area contributed by atoms with E-state index in [1.165, 1.54) is 27.6 Å². The van der Waals surface area contributed by atoms with E-state index in [0.717, 1.165) is 82.9 Å². The predicted molar refractivity (Wildman–Crippen MR) is 244 cm³/mol. The van der Waals surface area contributed by atoms with Gasteiger partial charge in [0.25, 0.3) is 0 Å². The third-order valence-electron chi connectivity index (χ3n) is 12.5. The first kappa shape index (κ1) is 33.6. The van der Waals surface area contributed by atoms with Crippen molar-refractivity contribution >= 4 is 54.3 Å². The van der Waals surface area contributed by atoms with Crippen molar-refractivity contribution < 1.29 is 4.74 Å². The zero-order valence-electron chi connectivity index (χ0n) is 32.6. The molecule has 0 saturated carbocycles. The Morgan fingerprint density at radius 2 is 1.12 bits per heavy atom. The number of hydrogen-bond donors (Lipinski definition) is 0. The largest absolute Gasteiger partial charge is 0.454 e. The monoisotopic (exact) mass is 755 g/mol. The first-order valence-corrected chi connectivity index (χ1v) is 20.2. The smallest absolute Gasteiger partial charge is 0.161 e. The van der Waals surface area contributed by atoms with Crippen LogP contribution in [0.5, 0.6) is 11.5 Å². The van der Waals surface area contributed by atoms with Crippen LogP contribution in [0.15, 0.2) is 188 Å². The molecule has 4 nitrogen and oxygen atoms in total. The summed E-state index contributed by atoms with van der Waals surface area (Å²) in [5, 5.41) is 7.82. The molecule has 0 radical (unpaired) electrons. The minimum absolute atomic E-state index is 0.247. The van der Waals surface area contributed by atoms with Gasteiger partial charge in [0.15, 0.2) is 11.6 Å². The molecule has 9 aromatic carbocycles. The zero-order valence-corrected chi connectivity index (χ0v) is 32.6. The molecule has 0 saturated heterocycles. The Kier molecular flexibility index (Phi) is 7.24. The molecule has 0 amide bonds. The lowest BCUT2D eigenvalue weighted by atomic mass is 9.75. The van der Waals surface area contributed by atoms with Gasteiger partial charge >= 0.3 is 0 Å². The molecule has 4 heteroatoms. The fraction of sp³-hybridized carbons (Fsp3) is 0.0545. The number of rotatable bonds is 4. The lowest BCUT2D eigenvalue weighted by molar-refractivity contribution is 0.421. The highest BCUT2D eigenvalue weighted by Crippen LogP contribution is 2.52. The summed E-state index contributed by atoms with van der Waals surface area (Å²) in [6.45, 7) is 4.60. The molecule has 0 bridgehead atoms. The summed E-state index contributed by atoms with van der Waals surface area (Å²) >= 11 is 0. The standard InChI is InChI=1S/C55H37N3O/c1-55(2)45-21-11-13-23-49(45)59-53-46(55)32-30-42-41-20-10-12-22-47(41)58(52(42)53)48-33-31-43(39-18-8-9-19-40(39)48)54-56-50(37-26-24-35(25-27-37)34-14-4-3-5-15-34)44-29-28-36-16-6-7-17-38(36)51(44)57-54/h3-33H,1-2H3. The molecule has 1 aliphatic heterocycles. The van der Waals surface area contributed by atoms with Crippen LogP contribution in [0.3, 0.4) is 0 Å². The lowest BCUT2D eigenvalue weighted by Gasteiger charge is -2.35. The second-order valence-electron chi connectivity index (χ2n) is 16.1. The SMILES string of the molecule is CC1(C)c2ccccc2Oc2c1ccc1c3ccccc3n(-c3ccc(-c4nc(-c5ccc(-c6ccccc6)cc5)c5ccc6ccccc6c5n4)c4ccccc34)c21.